The lowest BCUT2D eigenvalue weighted by Crippen LogP contribution is -2.53. The first-order valence-corrected chi connectivity index (χ1v) is 8.70. The van der Waals surface area contributed by atoms with Gasteiger partial charge in [0.15, 0.2) is 0 Å². The molecule has 1 amide bonds. The van der Waals surface area contributed by atoms with Crippen LogP contribution in [0, 0.1) is 0 Å². The fourth-order valence-corrected chi connectivity index (χ4v) is 3.24. The van der Waals surface area contributed by atoms with Gasteiger partial charge in [-0.25, -0.2) is 4.79 Å². The van der Waals surface area contributed by atoms with Crippen molar-refractivity contribution in [3.05, 3.63) is 35.9 Å². The molecular formula is C15H22N2O3S. The molecule has 0 radical (unpaired) electrons. The minimum absolute atomic E-state index is 0.00705. The van der Waals surface area contributed by atoms with Gasteiger partial charge in [0.2, 0.25) is 0 Å². The third-order valence-corrected chi connectivity index (χ3v) is 4.35. The Morgan fingerprint density at radius 1 is 1.43 bits per heavy atom. The number of carbonyl (C=O) groups excluding carboxylic acids is 1. The third-order valence-electron chi connectivity index (χ3n) is 3.74. The van der Waals surface area contributed by atoms with Gasteiger partial charge in [0.25, 0.3) is 0 Å². The molecule has 21 heavy (non-hydrogen) atoms. The molecule has 2 atom stereocenters. The topological polar surface area (TPSA) is 73.4 Å². The molecule has 0 bridgehead atoms. The maximum absolute atomic E-state index is 11.9. The van der Waals surface area contributed by atoms with Crippen LogP contribution in [0.4, 0.5) is 4.79 Å². The highest BCUT2D eigenvalue weighted by Gasteiger charge is 2.51. The van der Waals surface area contributed by atoms with Crippen molar-refractivity contribution in [2.24, 2.45) is 0 Å². The molecule has 0 saturated heterocycles. The Morgan fingerprint density at radius 2 is 2.10 bits per heavy atom. The summed E-state index contributed by atoms with van der Waals surface area (Å²) in [6, 6.07) is 9.57. The van der Waals surface area contributed by atoms with Gasteiger partial charge in [0.1, 0.15) is 12.9 Å². The van der Waals surface area contributed by atoms with E-state index in [1.165, 1.54) is 0 Å². The maximum Gasteiger partial charge on any atom is 0.407 e. The first kappa shape index (κ1) is 16.1. The lowest BCUT2D eigenvalue weighted by molar-refractivity contribution is 0.131. The SMILES string of the molecule is CC[C@H](N[S@+](C)[O-])C1(NC(=O)OCc2ccccc2)CC1. The van der Waals surface area contributed by atoms with Crippen molar-refractivity contribution >= 4 is 17.5 Å². The molecule has 1 aliphatic rings. The third kappa shape index (κ3) is 4.62. The highest BCUT2D eigenvalue weighted by molar-refractivity contribution is 7.88. The summed E-state index contributed by atoms with van der Waals surface area (Å²) in [6.07, 6.45) is 3.76. The average Bonchev–Trinajstić information content (AvgIpc) is 3.24. The van der Waals surface area contributed by atoms with E-state index in [2.05, 4.69) is 10.0 Å². The van der Waals surface area contributed by atoms with Crippen LogP contribution >= 0.6 is 0 Å². The number of amides is 1. The number of nitrogens with one attached hydrogen (secondary N) is 2. The maximum atomic E-state index is 11.9. The van der Waals surface area contributed by atoms with Gasteiger partial charge >= 0.3 is 6.09 Å². The molecule has 2 N–H and O–H groups in total. The predicted octanol–water partition coefficient (Wildman–Crippen LogP) is 2.11. The summed E-state index contributed by atoms with van der Waals surface area (Å²) < 4.78 is 19.6. The zero-order chi connectivity index (χ0) is 15.3. The van der Waals surface area contributed by atoms with E-state index in [1.807, 2.05) is 37.3 Å². The predicted molar refractivity (Wildman–Crippen MR) is 83.0 cm³/mol. The van der Waals surface area contributed by atoms with E-state index in [0.29, 0.717) is 0 Å². The Bertz CT molecular complexity index is 463. The second-order valence-electron chi connectivity index (χ2n) is 5.38. The van der Waals surface area contributed by atoms with Crippen molar-refractivity contribution in [2.45, 2.75) is 44.4 Å². The zero-order valence-electron chi connectivity index (χ0n) is 12.4. The van der Waals surface area contributed by atoms with E-state index < -0.39 is 17.5 Å². The van der Waals surface area contributed by atoms with Gasteiger partial charge in [-0.2, -0.15) is 0 Å². The van der Waals surface area contributed by atoms with Crippen LogP contribution in [0.1, 0.15) is 31.7 Å². The molecule has 0 aromatic heterocycles. The standard InChI is InChI=1S/C15H22N2O3S/c1-3-13(17-21(2)19)15(9-10-15)16-14(18)20-11-12-7-5-4-6-8-12/h4-8,13,17H,3,9-11H2,1-2H3,(H,16,18)/t13-,21-/m0/s1. The van der Waals surface area contributed by atoms with Crippen LogP contribution in [0.25, 0.3) is 0 Å². The normalized spacial score (nSPS) is 18.6. The minimum atomic E-state index is -1.09. The van der Waals surface area contributed by atoms with Gasteiger partial charge in [0.05, 0.1) is 11.6 Å². The Kier molecular flexibility index (Phi) is 5.50. The molecule has 5 nitrogen and oxygen atoms in total. The Morgan fingerprint density at radius 3 is 2.62 bits per heavy atom. The highest BCUT2D eigenvalue weighted by Crippen LogP contribution is 2.40. The van der Waals surface area contributed by atoms with Gasteiger partial charge < -0.3 is 14.6 Å². The summed E-state index contributed by atoms with van der Waals surface area (Å²) in [5.41, 5.74) is 0.645. The summed E-state index contributed by atoms with van der Waals surface area (Å²) in [6.45, 7) is 2.27. The van der Waals surface area contributed by atoms with E-state index in [-0.39, 0.29) is 18.2 Å². The molecule has 6 heteroatoms. The number of ether oxygens (including phenoxy) is 1. The number of hydrogen-bond acceptors (Lipinski definition) is 4. The van der Waals surface area contributed by atoms with Crippen LogP contribution in [0.5, 0.6) is 0 Å². The quantitative estimate of drug-likeness (QED) is 0.757. The smallest absolute Gasteiger partial charge is 0.407 e. The zero-order valence-corrected chi connectivity index (χ0v) is 13.2. The molecule has 1 aliphatic carbocycles. The van der Waals surface area contributed by atoms with Gasteiger partial charge in [-0.05, 0) is 24.8 Å². The molecule has 1 fully saturated rings. The fourth-order valence-electron chi connectivity index (χ4n) is 2.44. The van der Waals surface area contributed by atoms with E-state index >= 15 is 0 Å². The van der Waals surface area contributed by atoms with E-state index in [4.69, 9.17) is 4.74 Å². The molecule has 1 aromatic rings. The number of benzene rings is 1. The van der Waals surface area contributed by atoms with E-state index in [1.54, 1.807) is 6.26 Å². The van der Waals surface area contributed by atoms with Crippen molar-refractivity contribution in [3.63, 3.8) is 0 Å². The number of alkyl carbamates (subject to hydrolysis) is 1. The highest BCUT2D eigenvalue weighted by atomic mass is 32.2. The van der Waals surface area contributed by atoms with Crippen molar-refractivity contribution in [1.29, 1.82) is 0 Å². The van der Waals surface area contributed by atoms with Gasteiger partial charge in [0, 0.05) is 11.4 Å². The Balaban J connectivity index is 1.84. The molecule has 0 aliphatic heterocycles. The van der Waals surface area contributed by atoms with Crippen molar-refractivity contribution in [3.8, 4) is 0 Å². The van der Waals surface area contributed by atoms with E-state index in [0.717, 1.165) is 24.8 Å². The molecule has 0 spiro atoms. The molecule has 1 saturated carbocycles. The molecule has 2 rings (SSSR count). The summed E-state index contributed by atoms with van der Waals surface area (Å²) in [4.78, 5) is 11.9. The molecule has 0 heterocycles. The van der Waals surface area contributed by atoms with Crippen LogP contribution < -0.4 is 10.0 Å². The first-order valence-electron chi connectivity index (χ1n) is 7.14. The Labute approximate surface area is 128 Å². The van der Waals surface area contributed by atoms with Gasteiger partial charge in [-0.3, -0.25) is 0 Å². The van der Waals surface area contributed by atoms with Crippen LogP contribution in [0.15, 0.2) is 30.3 Å². The van der Waals surface area contributed by atoms with Crippen LogP contribution in [0.2, 0.25) is 0 Å². The Hall–Kier alpha value is -1.24. The molecule has 116 valence electrons. The van der Waals surface area contributed by atoms with Crippen LogP contribution in [0.3, 0.4) is 0 Å². The van der Waals surface area contributed by atoms with Crippen LogP contribution in [-0.2, 0) is 22.7 Å². The lowest BCUT2D eigenvalue weighted by Gasteiger charge is -2.26. The van der Waals surface area contributed by atoms with Gasteiger partial charge in [-0.15, -0.1) is 4.72 Å². The second-order valence-corrected chi connectivity index (χ2v) is 6.52. The van der Waals surface area contributed by atoms with Crippen molar-refractivity contribution < 1.29 is 14.1 Å². The molecule has 1 aromatic carbocycles. The van der Waals surface area contributed by atoms with Crippen molar-refractivity contribution in [1.82, 2.24) is 10.0 Å². The molecule has 0 unspecified atom stereocenters. The average molecular weight is 310 g/mol. The largest absolute Gasteiger partial charge is 0.598 e. The minimum Gasteiger partial charge on any atom is -0.598 e. The summed E-state index contributed by atoms with van der Waals surface area (Å²) in [7, 11) is 0. The second kappa shape index (κ2) is 7.15. The summed E-state index contributed by atoms with van der Waals surface area (Å²) in [5, 5.41) is 2.94. The number of hydrogen-bond donors (Lipinski definition) is 2. The summed E-state index contributed by atoms with van der Waals surface area (Å²) >= 11 is -1.09. The van der Waals surface area contributed by atoms with Gasteiger partial charge in [-0.1, -0.05) is 37.3 Å². The molecular weight excluding hydrogens is 288 g/mol. The van der Waals surface area contributed by atoms with E-state index in [9.17, 15) is 9.35 Å². The monoisotopic (exact) mass is 310 g/mol. The lowest BCUT2D eigenvalue weighted by atomic mass is 10.1. The first-order chi connectivity index (χ1) is 10.1. The summed E-state index contributed by atoms with van der Waals surface area (Å²) in [5.74, 6) is 0. The number of carbonyl (C=O) groups is 1. The van der Waals surface area contributed by atoms with Crippen molar-refractivity contribution in [2.75, 3.05) is 6.26 Å². The fraction of sp³-hybridized carbons (Fsp3) is 0.533. The number of rotatable bonds is 7. The van der Waals surface area contributed by atoms with Crippen LogP contribution in [-0.4, -0.2) is 28.5 Å².